The van der Waals surface area contributed by atoms with Gasteiger partial charge in [0.2, 0.25) is 17.7 Å². The molecule has 0 bridgehead atoms. The molecule has 1 atom stereocenters. The van der Waals surface area contributed by atoms with Gasteiger partial charge in [-0.15, -0.1) is 0 Å². The maximum atomic E-state index is 12.7. The van der Waals surface area contributed by atoms with Crippen molar-refractivity contribution in [2.75, 3.05) is 28.2 Å². The van der Waals surface area contributed by atoms with Crippen LogP contribution in [0.2, 0.25) is 0 Å². The van der Waals surface area contributed by atoms with Gasteiger partial charge < -0.3 is 15.1 Å². The lowest BCUT2D eigenvalue weighted by Crippen LogP contribution is -2.28. The van der Waals surface area contributed by atoms with E-state index in [1.165, 1.54) is 0 Å². The van der Waals surface area contributed by atoms with Gasteiger partial charge in [-0.2, -0.15) is 0 Å². The lowest BCUT2D eigenvalue weighted by Gasteiger charge is -2.18. The molecule has 2 aliphatic rings. The molecule has 6 heteroatoms. The van der Waals surface area contributed by atoms with E-state index in [1.807, 2.05) is 49.4 Å². The predicted molar refractivity (Wildman–Crippen MR) is 108 cm³/mol. The monoisotopic (exact) mass is 377 g/mol. The molecule has 0 saturated carbocycles. The third-order valence-corrected chi connectivity index (χ3v) is 5.34. The van der Waals surface area contributed by atoms with Gasteiger partial charge in [0.1, 0.15) is 0 Å². The van der Waals surface area contributed by atoms with Crippen LogP contribution in [0.1, 0.15) is 24.8 Å². The summed E-state index contributed by atoms with van der Waals surface area (Å²) in [5.74, 6) is -0.502. The Balaban J connectivity index is 1.43. The van der Waals surface area contributed by atoms with Crippen LogP contribution in [0.3, 0.4) is 0 Å². The average Bonchev–Trinajstić information content (AvgIpc) is 3.28. The second-order valence-corrected chi connectivity index (χ2v) is 7.43. The minimum atomic E-state index is -0.397. The summed E-state index contributed by atoms with van der Waals surface area (Å²) in [4.78, 5) is 40.5. The number of rotatable bonds is 4. The van der Waals surface area contributed by atoms with Crippen LogP contribution in [0, 0.1) is 12.8 Å². The molecule has 2 heterocycles. The van der Waals surface area contributed by atoms with E-state index in [2.05, 4.69) is 5.32 Å². The first kappa shape index (κ1) is 18.2. The lowest BCUT2D eigenvalue weighted by atomic mass is 10.1. The van der Waals surface area contributed by atoms with Crippen molar-refractivity contribution < 1.29 is 14.4 Å². The summed E-state index contributed by atoms with van der Waals surface area (Å²) in [6.45, 7) is 3.08. The molecule has 28 heavy (non-hydrogen) atoms. The van der Waals surface area contributed by atoms with E-state index in [-0.39, 0.29) is 24.1 Å². The molecule has 2 fully saturated rings. The predicted octanol–water partition coefficient (Wildman–Crippen LogP) is 3.11. The summed E-state index contributed by atoms with van der Waals surface area (Å²) in [6.07, 6.45) is 1.62. The molecule has 2 aromatic rings. The van der Waals surface area contributed by atoms with Crippen LogP contribution in [0.15, 0.2) is 48.5 Å². The minimum Gasteiger partial charge on any atom is -0.326 e. The number of anilines is 3. The van der Waals surface area contributed by atoms with E-state index in [0.29, 0.717) is 25.2 Å². The van der Waals surface area contributed by atoms with E-state index in [1.54, 1.807) is 15.9 Å². The van der Waals surface area contributed by atoms with Gasteiger partial charge >= 0.3 is 0 Å². The summed E-state index contributed by atoms with van der Waals surface area (Å²) in [7, 11) is 0. The quantitative estimate of drug-likeness (QED) is 0.890. The fourth-order valence-electron chi connectivity index (χ4n) is 3.77. The van der Waals surface area contributed by atoms with Crippen molar-refractivity contribution in [1.29, 1.82) is 0 Å². The van der Waals surface area contributed by atoms with Crippen LogP contribution in [-0.2, 0) is 14.4 Å². The van der Waals surface area contributed by atoms with Crippen molar-refractivity contribution in [2.24, 2.45) is 5.92 Å². The number of nitrogens with one attached hydrogen (secondary N) is 1. The number of carbonyl (C=O) groups excluding carboxylic acids is 3. The van der Waals surface area contributed by atoms with Crippen molar-refractivity contribution in [2.45, 2.75) is 26.2 Å². The Kier molecular flexibility index (Phi) is 4.86. The summed E-state index contributed by atoms with van der Waals surface area (Å²) in [5.41, 5.74) is 3.38. The molecule has 6 nitrogen and oxygen atoms in total. The molecule has 0 spiro atoms. The van der Waals surface area contributed by atoms with Gasteiger partial charge in [0.25, 0.3) is 0 Å². The van der Waals surface area contributed by atoms with Crippen molar-refractivity contribution in [3.8, 4) is 0 Å². The van der Waals surface area contributed by atoms with Gasteiger partial charge in [0, 0.05) is 43.0 Å². The van der Waals surface area contributed by atoms with Crippen LogP contribution < -0.4 is 15.1 Å². The highest BCUT2D eigenvalue weighted by atomic mass is 16.2. The molecule has 0 aromatic heterocycles. The van der Waals surface area contributed by atoms with Crippen LogP contribution in [0.5, 0.6) is 0 Å². The van der Waals surface area contributed by atoms with E-state index >= 15 is 0 Å². The standard InChI is InChI=1S/C22H23N3O3/c1-15-7-9-18(10-8-15)25-14-16(12-21(25)27)22(28)23-17-4-2-5-19(13-17)24-11-3-6-20(24)26/h2,4-5,7-10,13,16H,3,6,11-12,14H2,1H3,(H,23,28)/t16-/m0/s1. The minimum absolute atomic E-state index is 0.0413. The largest absolute Gasteiger partial charge is 0.326 e. The first-order valence-electron chi connectivity index (χ1n) is 9.59. The molecule has 144 valence electrons. The molecule has 0 radical (unpaired) electrons. The maximum absolute atomic E-state index is 12.7. The summed E-state index contributed by atoms with van der Waals surface area (Å²) in [5, 5.41) is 2.91. The molecule has 2 aliphatic heterocycles. The Hall–Kier alpha value is -3.15. The third kappa shape index (κ3) is 3.63. The van der Waals surface area contributed by atoms with Crippen molar-refractivity contribution in [3.63, 3.8) is 0 Å². The van der Waals surface area contributed by atoms with E-state index < -0.39 is 5.92 Å². The van der Waals surface area contributed by atoms with Crippen molar-refractivity contribution >= 4 is 34.8 Å². The number of benzene rings is 2. The highest BCUT2D eigenvalue weighted by Gasteiger charge is 2.35. The van der Waals surface area contributed by atoms with Gasteiger partial charge in [0.05, 0.1) is 5.92 Å². The molecule has 0 unspecified atom stereocenters. The fourth-order valence-corrected chi connectivity index (χ4v) is 3.77. The highest BCUT2D eigenvalue weighted by molar-refractivity contribution is 6.04. The van der Waals surface area contributed by atoms with Gasteiger partial charge in [-0.05, 0) is 43.7 Å². The van der Waals surface area contributed by atoms with Crippen LogP contribution in [-0.4, -0.2) is 30.8 Å². The zero-order valence-electron chi connectivity index (χ0n) is 15.9. The lowest BCUT2D eigenvalue weighted by molar-refractivity contribution is -0.122. The van der Waals surface area contributed by atoms with E-state index in [0.717, 1.165) is 23.4 Å². The van der Waals surface area contributed by atoms with E-state index in [4.69, 9.17) is 0 Å². The Morgan fingerprint density at radius 2 is 1.79 bits per heavy atom. The first-order valence-corrected chi connectivity index (χ1v) is 9.59. The number of nitrogens with zero attached hydrogens (tertiary/aromatic N) is 2. The molecule has 2 saturated heterocycles. The maximum Gasteiger partial charge on any atom is 0.229 e. The van der Waals surface area contributed by atoms with Gasteiger partial charge in [-0.1, -0.05) is 23.8 Å². The number of carbonyl (C=O) groups is 3. The first-order chi connectivity index (χ1) is 13.5. The van der Waals surface area contributed by atoms with E-state index in [9.17, 15) is 14.4 Å². The number of hydrogen-bond donors (Lipinski definition) is 1. The Labute approximate surface area is 164 Å². The Bertz CT molecular complexity index is 923. The second-order valence-electron chi connectivity index (χ2n) is 7.43. The van der Waals surface area contributed by atoms with Crippen LogP contribution in [0.4, 0.5) is 17.1 Å². The van der Waals surface area contributed by atoms with Crippen LogP contribution in [0.25, 0.3) is 0 Å². The summed E-state index contributed by atoms with van der Waals surface area (Å²) >= 11 is 0. The molecule has 0 aliphatic carbocycles. The van der Waals surface area contributed by atoms with Gasteiger partial charge in [0.15, 0.2) is 0 Å². The smallest absolute Gasteiger partial charge is 0.229 e. The number of hydrogen-bond acceptors (Lipinski definition) is 3. The van der Waals surface area contributed by atoms with Gasteiger partial charge in [-0.3, -0.25) is 14.4 Å². The molecular formula is C22H23N3O3. The third-order valence-electron chi connectivity index (χ3n) is 5.34. The molecule has 1 N–H and O–H groups in total. The zero-order valence-corrected chi connectivity index (χ0v) is 15.9. The topological polar surface area (TPSA) is 69.7 Å². The van der Waals surface area contributed by atoms with Crippen molar-refractivity contribution in [3.05, 3.63) is 54.1 Å². The summed E-state index contributed by atoms with van der Waals surface area (Å²) in [6, 6.07) is 15.1. The number of aryl methyl sites for hydroxylation is 1. The zero-order chi connectivity index (χ0) is 19.7. The van der Waals surface area contributed by atoms with Gasteiger partial charge in [-0.25, -0.2) is 0 Å². The Morgan fingerprint density at radius 1 is 1.00 bits per heavy atom. The fraction of sp³-hybridized carbons (Fsp3) is 0.318. The molecule has 2 aromatic carbocycles. The normalized spacial score (nSPS) is 19.4. The number of amides is 3. The second kappa shape index (κ2) is 7.46. The highest BCUT2D eigenvalue weighted by Crippen LogP contribution is 2.28. The Morgan fingerprint density at radius 3 is 2.50 bits per heavy atom. The van der Waals surface area contributed by atoms with Crippen molar-refractivity contribution in [1.82, 2.24) is 0 Å². The summed E-state index contributed by atoms with van der Waals surface area (Å²) < 4.78 is 0. The average molecular weight is 377 g/mol. The molecule has 4 rings (SSSR count). The molecule has 3 amide bonds. The SMILES string of the molecule is Cc1ccc(N2C[C@@H](C(=O)Nc3cccc(N4CCCC4=O)c3)CC2=O)cc1. The van der Waals surface area contributed by atoms with Crippen LogP contribution >= 0.6 is 0 Å². The molecular weight excluding hydrogens is 354 g/mol.